The van der Waals surface area contributed by atoms with Crippen LogP contribution in [0.5, 0.6) is 5.75 Å². The fourth-order valence-corrected chi connectivity index (χ4v) is 4.17. The minimum absolute atomic E-state index is 0.212. The number of carbonyl (C=O) groups excluding carboxylic acids is 2. The molecule has 0 spiro atoms. The molecule has 0 saturated carbocycles. The van der Waals surface area contributed by atoms with Crippen molar-refractivity contribution in [3.8, 4) is 5.75 Å². The third kappa shape index (κ3) is 6.77. The lowest BCUT2D eigenvalue weighted by Gasteiger charge is -2.25. The van der Waals surface area contributed by atoms with Crippen LogP contribution in [0.15, 0.2) is 89.5 Å². The van der Waals surface area contributed by atoms with Gasteiger partial charge < -0.3 is 19.2 Å². The fraction of sp³-hybridized carbons (Fsp3) is 0.267. The van der Waals surface area contributed by atoms with E-state index in [0.29, 0.717) is 35.6 Å². The lowest BCUT2D eigenvalue weighted by molar-refractivity contribution is -0.144. The zero-order chi connectivity index (χ0) is 26.2. The van der Waals surface area contributed by atoms with Gasteiger partial charge in [-0.15, -0.1) is 0 Å². The molecule has 4 aromatic rings. The van der Waals surface area contributed by atoms with E-state index in [4.69, 9.17) is 13.9 Å². The molecule has 3 aromatic carbocycles. The lowest BCUT2D eigenvalue weighted by Crippen LogP contribution is -2.45. The van der Waals surface area contributed by atoms with Crippen molar-refractivity contribution in [2.45, 2.75) is 39.0 Å². The van der Waals surface area contributed by atoms with E-state index in [9.17, 15) is 9.59 Å². The molecule has 0 fully saturated rings. The first kappa shape index (κ1) is 26.0. The highest BCUT2D eigenvalue weighted by Gasteiger charge is 2.29. The highest BCUT2D eigenvalue weighted by atomic mass is 16.5. The number of amides is 1. The molecule has 0 aliphatic rings. The first-order chi connectivity index (χ1) is 17.9. The topological polar surface area (TPSA) is 89.8 Å². The van der Waals surface area contributed by atoms with E-state index in [1.165, 1.54) is 7.11 Å². The van der Waals surface area contributed by atoms with Crippen LogP contribution < -0.4 is 15.4 Å². The molecule has 7 heteroatoms. The number of para-hydroxylation sites is 2. The van der Waals surface area contributed by atoms with Gasteiger partial charge in [0.2, 0.25) is 5.91 Å². The van der Waals surface area contributed by atoms with Crippen LogP contribution in [-0.2, 0) is 20.9 Å². The van der Waals surface area contributed by atoms with Crippen molar-refractivity contribution in [1.29, 1.82) is 0 Å². The fourth-order valence-electron chi connectivity index (χ4n) is 4.17. The van der Waals surface area contributed by atoms with Crippen LogP contribution >= 0.6 is 0 Å². The second-order valence-corrected chi connectivity index (χ2v) is 9.28. The third-order valence-corrected chi connectivity index (χ3v) is 6.01. The molecule has 0 aliphatic carbocycles. The summed E-state index contributed by atoms with van der Waals surface area (Å²) in [7, 11) is 1.35. The van der Waals surface area contributed by atoms with Crippen LogP contribution in [0.2, 0.25) is 0 Å². The molecule has 0 aliphatic heterocycles. The number of methoxy groups -OCH3 is 1. The molecule has 37 heavy (non-hydrogen) atoms. The molecule has 1 amide bonds. The number of furan rings is 1. The quantitative estimate of drug-likeness (QED) is 0.250. The zero-order valence-corrected chi connectivity index (χ0v) is 21.3. The van der Waals surface area contributed by atoms with E-state index < -0.39 is 18.1 Å². The van der Waals surface area contributed by atoms with E-state index in [1.807, 2.05) is 86.6 Å². The molecule has 2 N–H and O–H groups in total. The Morgan fingerprint density at radius 3 is 2.46 bits per heavy atom. The molecular formula is C30H32N2O5. The van der Waals surface area contributed by atoms with E-state index in [2.05, 4.69) is 10.6 Å². The molecular weight excluding hydrogens is 468 g/mol. The molecule has 2 unspecified atom stereocenters. The number of nitrogens with one attached hydrogen (secondary N) is 2. The summed E-state index contributed by atoms with van der Waals surface area (Å²) >= 11 is 0. The monoisotopic (exact) mass is 500 g/mol. The zero-order valence-electron chi connectivity index (χ0n) is 21.3. The Labute approximate surface area is 216 Å². The standard InChI is InChI=1S/C30H32N2O5/c1-20(2)17-25(30(34)35-3)31-28(23-13-14-26-22(18-23)15-16-36-26)29(33)32-24-11-7-8-12-27(24)37-19-21-9-5-4-6-10-21/h4-16,18,20,25,28,31H,17,19H2,1-3H3,(H,32,33). The Morgan fingerprint density at radius 1 is 0.946 bits per heavy atom. The second kappa shape index (κ2) is 12.2. The van der Waals surface area contributed by atoms with Gasteiger partial charge in [0, 0.05) is 5.39 Å². The van der Waals surface area contributed by atoms with Crippen LogP contribution in [0.3, 0.4) is 0 Å². The van der Waals surface area contributed by atoms with Crippen LogP contribution in [0.4, 0.5) is 5.69 Å². The predicted molar refractivity (Wildman–Crippen MR) is 143 cm³/mol. The Balaban J connectivity index is 1.61. The molecule has 0 saturated heterocycles. The number of benzene rings is 3. The minimum Gasteiger partial charge on any atom is -0.487 e. The predicted octanol–water partition coefficient (Wildman–Crippen LogP) is 5.87. The number of hydrogen-bond acceptors (Lipinski definition) is 6. The van der Waals surface area contributed by atoms with Gasteiger partial charge in [0.05, 0.1) is 19.1 Å². The van der Waals surface area contributed by atoms with Gasteiger partial charge >= 0.3 is 5.97 Å². The summed E-state index contributed by atoms with van der Waals surface area (Å²) < 4.78 is 16.5. The molecule has 192 valence electrons. The molecule has 0 bridgehead atoms. The summed E-state index contributed by atoms with van der Waals surface area (Å²) in [4.78, 5) is 26.3. The second-order valence-electron chi connectivity index (χ2n) is 9.28. The number of carbonyl (C=O) groups is 2. The largest absolute Gasteiger partial charge is 0.487 e. The number of fused-ring (bicyclic) bond motifs is 1. The Hall–Kier alpha value is -4.10. The summed E-state index contributed by atoms with van der Waals surface area (Å²) in [6, 6.07) is 23.0. The SMILES string of the molecule is COC(=O)C(CC(C)C)NC(C(=O)Nc1ccccc1OCc1ccccc1)c1ccc2occc2c1. The smallest absolute Gasteiger partial charge is 0.322 e. The summed E-state index contributed by atoms with van der Waals surface area (Å²) in [6.45, 7) is 4.40. The summed E-state index contributed by atoms with van der Waals surface area (Å²) in [6.07, 6.45) is 2.12. The maximum atomic E-state index is 13.7. The summed E-state index contributed by atoms with van der Waals surface area (Å²) in [5, 5.41) is 7.11. The van der Waals surface area contributed by atoms with Gasteiger partial charge in [-0.05, 0) is 53.8 Å². The summed E-state index contributed by atoms with van der Waals surface area (Å²) in [5.41, 5.74) is 2.98. The number of hydrogen-bond donors (Lipinski definition) is 2. The molecule has 1 aromatic heterocycles. The van der Waals surface area contributed by atoms with Crippen molar-refractivity contribution in [2.75, 3.05) is 12.4 Å². The lowest BCUT2D eigenvalue weighted by atomic mass is 9.99. The van der Waals surface area contributed by atoms with Crippen LogP contribution in [0.25, 0.3) is 11.0 Å². The highest BCUT2D eigenvalue weighted by molar-refractivity contribution is 5.97. The van der Waals surface area contributed by atoms with Crippen molar-refractivity contribution >= 4 is 28.5 Å². The molecule has 2 atom stereocenters. The summed E-state index contributed by atoms with van der Waals surface area (Å²) in [5.74, 6) is 0.0259. The van der Waals surface area contributed by atoms with E-state index in [0.717, 1.165) is 10.9 Å². The maximum absolute atomic E-state index is 13.7. The average molecular weight is 501 g/mol. The van der Waals surface area contributed by atoms with Crippen molar-refractivity contribution in [2.24, 2.45) is 5.92 Å². The van der Waals surface area contributed by atoms with Crippen molar-refractivity contribution < 1.29 is 23.5 Å². The Bertz CT molecular complexity index is 1330. The normalized spacial score (nSPS) is 12.8. The van der Waals surface area contributed by atoms with E-state index in [1.54, 1.807) is 12.3 Å². The van der Waals surface area contributed by atoms with Gasteiger partial charge in [-0.25, -0.2) is 0 Å². The van der Waals surface area contributed by atoms with Crippen molar-refractivity contribution in [3.05, 3.63) is 96.3 Å². The number of ether oxygens (including phenoxy) is 2. The van der Waals surface area contributed by atoms with Crippen LogP contribution in [-0.4, -0.2) is 25.0 Å². The first-order valence-corrected chi connectivity index (χ1v) is 12.3. The number of esters is 1. The first-order valence-electron chi connectivity index (χ1n) is 12.3. The maximum Gasteiger partial charge on any atom is 0.322 e. The van der Waals surface area contributed by atoms with Gasteiger partial charge in [-0.3, -0.25) is 14.9 Å². The van der Waals surface area contributed by atoms with Gasteiger partial charge in [-0.2, -0.15) is 0 Å². The van der Waals surface area contributed by atoms with Crippen LogP contribution in [0, 0.1) is 5.92 Å². The third-order valence-electron chi connectivity index (χ3n) is 6.01. The highest BCUT2D eigenvalue weighted by Crippen LogP contribution is 2.28. The number of rotatable bonds is 11. The van der Waals surface area contributed by atoms with Crippen molar-refractivity contribution in [1.82, 2.24) is 5.32 Å². The molecule has 7 nitrogen and oxygen atoms in total. The van der Waals surface area contributed by atoms with Crippen LogP contribution in [0.1, 0.15) is 37.4 Å². The average Bonchev–Trinajstić information content (AvgIpc) is 3.38. The van der Waals surface area contributed by atoms with Gasteiger partial charge in [0.25, 0.3) is 0 Å². The van der Waals surface area contributed by atoms with Crippen molar-refractivity contribution in [3.63, 3.8) is 0 Å². The van der Waals surface area contributed by atoms with Gasteiger partial charge in [0.15, 0.2) is 0 Å². The molecule has 1 heterocycles. The molecule has 4 rings (SSSR count). The van der Waals surface area contributed by atoms with Gasteiger partial charge in [-0.1, -0.05) is 62.4 Å². The number of anilines is 1. The Kier molecular flexibility index (Phi) is 8.59. The minimum atomic E-state index is -0.829. The van der Waals surface area contributed by atoms with E-state index >= 15 is 0 Å². The Morgan fingerprint density at radius 2 is 1.70 bits per heavy atom. The van der Waals surface area contributed by atoms with E-state index in [-0.39, 0.29) is 11.8 Å². The molecule has 0 radical (unpaired) electrons. The van der Waals surface area contributed by atoms with Gasteiger partial charge in [0.1, 0.15) is 30.0 Å².